The van der Waals surface area contributed by atoms with Gasteiger partial charge in [0.1, 0.15) is 6.56 Å². The molecule has 0 saturated heterocycles. The van der Waals surface area contributed by atoms with Crippen molar-refractivity contribution in [3.8, 4) is 0 Å². The van der Waals surface area contributed by atoms with Gasteiger partial charge in [0.25, 0.3) is 0 Å². The Balaban J connectivity index is 3.37. The number of hydrogen-bond acceptors (Lipinski definition) is 3. The first-order chi connectivity index (χ1) is 12.7. The third-order valence-corrected chi connectivity index (χ3v) is 4.19. The van der Waals surface area contributed by atoms with Crippen molar-refractivity contribution in [2.75, 3.05) is 13.1 Å². The summed E-state index contributed by atoms with van der Waals surface area (Å²) in [5.41, 5.74) is 0. The maximum absolute atomic E-state index is 11.5. The highest BCUT2D eigenvalue weighted by Crippen LogP contribution is 2.13. The molecule has 3 heteroatoms. The molecular formula is C20H40O3. The molecule has 0 aliphatic rings. The molecule has 23 heavy (non-hydrogen) atoms. The van der Waals surface area contributed by atoms with Crippen LogP contribution in [0.25, 0.3) is 0 Å². The van der Waals surface area contributed by atoms with E-state index in [1.54, 1.807) is 0 Å². The van der Waals surface area contributed by atoms with Crippen LogP contribution in [0.3, 0.4) is 0 Å². The lowest BCUT2D eigenvalue weighted by Gasteiger charge is -2.04. The first kappa shape index (κ1) is 15.9. The lowest BCUT2D eigenvalue weighted by molar-refractivity contribution is -0.144. The Kier molecular flexibility index (Phi) is 13.5. The Morgan fingerprint density at radius 2 is 1.17 bits per heavy atom. The molecule has 0 aliphatic carbocycles. The summed E-state index contributed by atoms with van der Waals surface area (Å²) in [7, 11) is 0. The van der Waals surface area contributed by atoms with Crippen molar-refractivity contribution in [3.05, 3.63) is 0 Å². The summed E-state index contributed by atoms with van der Waals surface area (Å²) in [4.78, 5) is 11.5. The van der Waals surface area contributed by atoms with Crippen LogP contribution in [-0.4, -0.2) is 24.2 Å². The summed E-state index contributed by atoms with van der Waals surface area (Å²) in [5.74, 6) is -0.812. The maximum atomic E-state index is 11.5. The minimum atomic E-state index is -3.20. The molecule has 0 rings (SSSR count). The maximum Gasteiger partial charge on any atom is 0.305 e. The van der Waals surface area contributed by atoms with E-state index in [0.717, 1.165) is 19.3 Å². The van der Waals surface area contributed by atoms with Crippen LogP contribution >= 0.6 is 0 Å². The highest BCUT2D eigenvalue weighted by atomic mass is 16.5. The molecule has 0 amide bonds. The molecule has 0 radical (unpaired) electrons. The monoisotopic (exact) mass is 332 g/mol. The fourth-order valence-electron chi connectivity index (χ4n) is 2.77. The number of ether oxygens (including phenoxy) is 1. The summed E-state index contributed by atoms with van der Waals surface area (Å²) < 4.78 is 32.6. The number of carbonyl (C=O) groups excluding carboxylic acids is 1. The van der Waals surface area contributed by atoms with Gasteiger partial charge in [-0.3, -0.25) is 4.79 Å². The number of aliphatic hydroxyl groups is 1. The number of esters is 1. The van der Waals surface area contributed by atoms with E-state index in [2.05, 4.69) is 11.7 Å². The third kappa shape index (κ3) is 19.4. The smallest absolute Gasteiger partial charge is 0.305 e. The van der Waals surface area contributed by atoms with Crippen molar-refractivity contribution in [1.82, 2.24) is 0 Å². The Morgan fingerprint density at radius 3 is 1.57 bits per heavy atom. The van der Waals surface area contributed by atoms with Gasteiger partial charge in [0.15, 0.2) is 0 Å². The van der Waals surface area contributed by atoms with Crippen LogP contribution < -0.4 is 0 Å². The molecule has 0 aliphatic heterocycles. The molecule has 3 nitrogen and oxygen atoms in total. The average molecular weight is 333 g/mol. The van der Waals surface area contributed by atoms with E-state index < -0.39 is 19.1 Å². The van der Waals surface area contributed by atoms with E-state index in [0.29, 0.717) is 6.42 Å². The molecule has 138 valence electrons. The lowest BCUT2D eigenvalue weighted by Crippen LogP contribution is -2.07. The van der Waals surface area contributed by atoms with Gasteiger partial charge < -0.3 is 9.84 Å². The molecule has 0 aromatic rings. The van der Waals surface area contributed by atoms with E-state index in [9.17, 15) is 4.79 Å². The van der Waals surface area contributed by atoms with E-state index in [1.807, 2.05) is 0 Å². The van der Waals surface area contributed by atoms with Crippen LogP contribution in [0.4, 0.5) is 0 Å². The Bertz CT molecular complexity index is 371. The van der Waals surface area contributed by atoms with Gasteiger partial charge >= 0.3 is 5.97 Å². The van der Waals surface area contributed by atoms with Gasteiger partial charge in [-0.05, 0) is 6.42 Å². The third-order valence-electron chi connectivity index (χ3n) is 4.19. The normalized spacial score (nSPS) is 14.7. The van der Waals surface area contributed by atoms with Crippen LogP contribution in [0.1, 0.15) is 115 Å². The summed E-state index contributed by atoms with van der Waals surface area (Å²) in [6.45, 7) is -3.96. The van der Waals surface area contributed by atoms with Crippen LogP contribution in [-0.2, 0) is 9.53 Å². The topological polar surface area (TPSA) is 46.5 Å². The van der Waals surface area contributed by atoms with Crippen molar-refractivity contribution in [2.45, 2.75) is 110 Å². The molecule has 0 atom stereocenters. The van der Waals surface area contributed by atoms with Crippen LogP contribution in [0.5, 0.6) is 0 Å². The number of hydrogen-bond donors (Lipinski definition) is 1. The minimum Gasteiger partial charge on any atom is -0.463 e. The lowest BCUT2D eigenvalue weighted by atomic mass is 10.0. The zero-order valence-corrected chi connectivity index (χ0v) is 15.1. The predicted octanol–water partition coefficient (Wildman–Crippen LogP) is 5.78. The summed E-state index contributed by atoms with van der Waals surface area (Å²) in [6.07, 6.45) is 18.4. The van der Waals surface area contributed by atoms with Crippen molar-refractivity contribution in [3.63, 3.8) is 0 Å². The molecule has 0 unspecified atom stereocenters. The standard InChI is InChI=1S/C20H40O3/c1-2-3-4-5-6-7-8-9-10-11-12-13-14-15-16-17-20(22)23-19-18-21/h21H,2-19H2,1H3/i18D2,19D2. The van der Waals surface area contributed by atoms with E-state index >= 15 is 0 Å². The Hall–Kier alpha value is -0.570. The van der Waals surface area contributed by atoms with E-state index in [4.69, 9.17) is 10.6 Å². The van der Waals surface area contributed by atoms with Gasteiger partial charge in [-0.1, -0.05) is 96.8 Å². The molecule has 0 aromatic carbocycles. The molecule has 0 spiro atoms. The SMILES string of the molecule is [2H]C([2H])(O)C([2H])([2H])OC(=O)CCCCCCCCCCCCCCCCC. The first-order valence-corrected chi connectivity index (χ1v) is 9.65. The second kappa shape index (κ2) is 19.5. The van der Waals surface area contributed by atoms with Gasteiger partial charge in [-0.15, -0.1) is 0 Å². The van der Waals surface area contributed by atoms with Gasteiger partial charge in [0.2, 0.25) is 0 Å². The second-order valence-electron chi connectivity index (χ2n) is 6.39. The van der Waals surface area contributed by atoms with Crippen molar-refractivity contribution >= 4 is 5.97 Å². The molecule has 0 heterocycles. The Labute approximate surface area is 149 Å². The van der Waals surface area contributed by atoms with Crippen LogP contribution in [0.2, 0.25) is 0 Å². The fourth-order valence-corrected chi connectivity index (χ4v) is 2.77. The second-order valence-corrected chi connectivity index (χ2v) is 6.39. The van der Waals surface area contributed by atoms with Crippen LogP contribution in [0, 0.1) is 0 Å². The largest absolute Gasteiger partial charge is 0.463 e. The summed E-state index contributed by atoms with van der Waals surface area (Å²) in [6, 6.07) is 0. The number of rotatable bonds is 18. The fraction of sp³-hybridized carbons (Fsp3) is 0.950. The number of carbonyl (C=O) groups is 1. The van der Waals surface area contributed by atoms with Gasteiger partial charge in [0.05, 0.1) is 12.0 Å². The first-order valence-electron chi connectivity index (χ1n) is 11.6. The number of unbranched alkanes of at least 4 members (excludes halogenated alkanes) is 14. The van der Waals surface area contributed by atoms with Crippen molar-refractivity contribution < 1.29 is 20.1 Å². The highest BCUT2D eigenvalue weighted by Gasteiger charge is 2.01. The van der Waals surface area contributed by atoms with Gasteiger partial charge in [-0.25, -0.2) is 0 Å². The zero-order valence-electron chi connectivity index (χ0n) is 19.1. The average Bonchev–Trinajstić information content (AvgIpc) is 2.57. The minimum absolute atomic E-state index is 0.0495. The van der Waals surface area contributed by atoms with Crippen LogP contribution in [0.15, 0.2) is 0 Å². The van der Waals surface area contributed by atoms with Crippen molar-refractivity contribution in [2.24, 2.45) is 0 Å². The summed E-state index contributed by atoms with van der Waals surface area (Å²) >= 11 is 0. The molecule has 0 bridgehead atoms. The van der Waals surface area contributed by atoms with Crippen molar-refractivity contribution in [1.29, 1.82) is 0 Å². The van der Waals surface area contributed by atoms with E-state index in [-0.39, 0.29) is 6.42 Å². The quantitative estimate of drug-likeness (QED) is 0.255. The van der Waals surface area contributed by atoms with Gasteiger partial charge in [0, 0.05) is 6.42 Å². The van der Waals surface area contributed by atoms with E-state index in [1.165, 1.54) is 70.6 Å². The molecule has 0 saturated carbocycles. The molecule has 0 fully saturated rings. The summed E-state index contributed by atoms with van der Waals surface area (Å²) in [5, 5.41) is 8.98. The molecule has 1 N–H and O–H groups in total. The van der Waals surface area contributed by atoms with Gasteiger partial charge in [-0.2, -0.15) is 0 Å². The molecular weight excluding hydrogens is 288 g/mol. The molecule has 0 aromatic heterocycles. The zero-order chi connectivity index (χ0) is 20.6. The highest BCUT2D eigenvalue weighted by molar-refractivity contribution is 5.69. The predicted molar refractivity (Wildman–Crippen MR) is 97.6 cm³/mol. The Morgan fingerprint density at radius 1 is 0.783 bits per heavy atom.